The molecule has 124 valence electrons. The van der Waals surface area contributed by atoms with Crippen molar-refractivity contribution in [2.45, 2.75) is 45.3 Å². The van der Waals surface area contributed by atoms with Gasteiger partial charge in [-0.25, -0.2) is 4.98 Å². The standard InChI is InChI=1S/C20H22N2OS/c1-12-6-7-18-21-17(9-19(23)22(18)10-12)11-24-20-15(4)13(2)8-14(3)16(20)5/h6-10H,11H2,1-5H3. The van der Waals surface area contributed by atoms with Crippen molar-refractivity contribution in [3.05, 3.63) is 74.3 Å². The van der Waals surface area contributed by atoms with Crippen LogP contribution in [0.5, 0.6) is 0 Å². The minimum absolute atomic E-state index is 0.0202. The van der Waals surface area contributed by atoms with E-state index in [1.165, 1.54) is 27.1 Å². The van der Waals surface area contributed by atoms with E-state index in [2.05, 4.69) is 38.7 Å². The molecule has 0 spiro atoms. The molecule has 0 amide bonds. The van der Waals surface area contributed by atoms with Gasteiger partial charge >= 0.3 is 0 Å². The van der Waals surface area contributed by atoms with E-state index >= 15 is 0 Å². The number of hydrogen-bond donors (Lipinski definition) is 0. The van der Waals surface area contributed by atoms with Crippen LogP contribution in [0.3, 0.4) is 0 Å². The first kappa shape index (κ1) is 16.8. The highest BCUT2D eigenvalue weighted by Crippen LogP contribution is 2.32. The molecule has 24 heavy (non-hydrogen) atoms. The minimum atomic E-state index is -0.0202. The molecule has 0 radical (unpaired) electrons. The summed E-state index contributed by atoms with van der Waals surface area (Å²) in [6.45, 7) is 10.6. The van der Waals surface area contributed by atoms with Gasteiger partial charge in [0, 0.05) is 22.9 Å². The van der Waals surface area contributed by atoms with Crippen molar-refractivity contribution in [3.63, 3.8) is 0 Å². The van der Waals surface area contributed by atoms with Gasteiger partial charge in [-0.05, 0) is 68.5 Å². The number of nitrogens with zero attached hydrogens (tertiary/aromatic N) is 2. The molecule has 0 aliphatic heterocycles. The molecule has 2 heterocycles. The number of aromatic nitrogens is 2. The van der Waals surface area contributed by atoms with E-state index < -0.39 is 0 Å². The van der Waals surface area contributed by atoms with Crippen LogP contribution in [0, 0.1) is 34.6 Å². The fourth-order valence-corrected chi connectivity index (χ4v) is 4.07. The van der Waals surface area contributed by atoms with Gasteiger partial charge in [-0.15, -0.1) is 11.8 Å². The average Bonchev–Trinajstić information content (AvgIpc) is 2.54. The molecular weight excluding hydrogens is 316 g/mol. The van der Waals surface area contributed by atoms with Crippen LogP contribution in [0.15, 0.2) is 40.2 Å². The van der Waals surface area contributed by atoms with Gasteiger partial charge in [-0.3, -0.25) is 9.20 Å². The Bertz CT molecular complexity index is 963. The van der Waals surface area contributed by atoms with Crippen LogP contribution < -0.4 is 5.56 Å². The number of thioether (sulfide) groups is 1. The first-order chi connectivity index (χ1) is 11.4. The van der Waals surface area contributed by atoms with E-state index in [-0.39, 0.29) is 5.56 Å². The van der Waals surface area contributed by atoms with E-state index in [0.717, 1.165) is 11.3 Å². The van der Waals surface area contributed by atoms with Crippen LogP contribution in [0.25, 0.3) is 5.65 Å². The zero-order valence-electron chi connectivity index (χ0n) is 14.8. The lowest BCUT2D eigenvalue weighted by molar-refractivity contribution is 1.00. The number of hydrogen-bond acceptors (Lipinski definition) is 3. The first-order valence-corrected chi connectivity index (χ1v) is 9.04. The third kappa shape index (κ3) is 3.11. The Labute approximate surface area is 146 Å². The van der Waals surface area contributed by atoms with Gasteiger partial charge in [0.1, 0.15) is 5.65 Å². The summed E-state index contributed by atoms with van der Waals surface area (Å²) in [5, 5.41) is 0. The molecule has 2 aromatic heterocycles. The van der Waals surface area contributed by atoms with Crippen LogP contribution in [0.1, 0.15) is 33.5 Å². The predicted molar refractivity (Wildman–Crippen MR) is 101 cm³/mol. The summed E-state index contributed by atoms with van der Waals surface area (Å²) in [5.74, 6) is 0.699. The van der Waals surface area contributed by atoms with Gasteiger partial charge in [-0.1, -0.05) is 12.1 Å². The zero-order valence-corrected chi connectivity index (χ0v) is 15.6. The second-order valence-corrected chi connectivity index (χ2v) is 7.38. The molecule has 0 unspecified atom stereocenters. The van der Waals surface area contributed by atoms with Crippen molar-refractivity contribution in [1.29, 1.82) is 0 Å². The summed E-state index contributed by atoms with van der Waals surface area (Å²) in [4.78, 5) is 18.3. The molecule has 0 saturated heterocycles. The van der Waals surface area contributed by atoms with Crippen LogP contribution in [0.4, 0.5) is 0 Å². The Balaban J connectivity index is 1.95. The second-order valence-electron chi connectivity index (χ2n) is 6.40. The first-order valence-electron chi connectivity index (χ1n) is 8.06. The molecule has 3 rings (SSSR count). The maximum absolute atomic E-state index is 12.3. The molecule has 4 heteroatoms. The van der Waals surface area contributed by atoms with Gasteiger partial charge in [-0.2, -0.15) is 0 Å². The summed E-state index contributed by atoms with van der Waals surface area (Å²) in [6.07, 6.45) is 1.83. The van der Waals surface area contributed by atoms with E-state index in [9.17, 15) is 4.79 Å². The fraction of sp³-hybridized carbons (Fsp3) is 0.300. The third-order valence-electron chi connectivity index (χ3n) is 4.52. The van der Waals surface area contributed by atoms with E-state index in [4.69, 9.17) is 0 Å². The summed E-state index contributed by atoms with van der Waals surface area (Å²) in [6, 6.07) is 7.76. The molecule has 0 fully saturated rings. The van der Waals surface area contributed by atoms with Crippen LogP contribution in [-0.4, -0.2) is 9.38 Å². The van der Waals surface area contributed by atoms with E-state index in [1.54, 1.807) is 22.2 Å². The average molecular weight is 338 g/mol. The molecule has 0 saturated carbocycles. The molecule has 0 N–H and O–H groups in total. The predicted octanol–water partition coefficient (Wildman–Crippen LogP) is 4.53. The lowest BCUT2D eigenvalue weighted by atomic mass is 10.0. The second kappa shape index (κ2) is 6.44. The number of aryl methyl sites for hydroxylation is 3. The smallest absolute Gasteiger partial charge is 0.258 e. The van der Waals surface area contributed by atoms with Crippen molar-refractivity contribution in [2.24, 2.45) is 0 Å². The summed E-state index contributed by atoms with van der Waals surface area (Å²) < 4.78 is 1.61. The minimum Gasteiger partial charge on any atom is -0.269 e. The van der Waals surface area contributed by atoms with Gasteiger partial charge in [0.2, 0.25) is 0 Å². The number of fused-ring (bicyclic) bond motifs is 1. The Morgan fingerprint density at radius 1 is 1.00 bits per heavy atom. The van der Waals surface area contributed by atoms with Crippen molar-refractivity contribution in [1.82, 2.24) is 9.38 Å². The Kier molecular flexibility index (Phi) is 4.50. The molecular formula is C20H22N2OS. The number of pyridine rings is 1. The summed E-state index contributed by atoms with van der Waals surface area (Å²) in [5.41, 5.74) is 7.81. The Morgan fingerprint density at radius 2 is 1.67 bits per heavy atom. The summed E-state index contributed by atoms with van der Waals surface area (Å²) in [7, 11) is 0. The lowest BCUT2D eigenvalue weighted by Gasteiger charge is -2.14. The molecule has 0 aliphatic carbocycles. The molecule has 3 nitrogen and oxygen atoms in total. The molecule has 0 aliphatic rings. The zero-order chi connectivity index (χ0) is 17.4. The normalized spacial score (nSPS) is 11.2. The maximum atomic E-state index is 12.3. The monoisotopic (exact) mass is 338 g/mol. The number of rotatable bonds is 3. The van der Waals surface area contributed by atoms with Gasteiger partial charge in [0.25, 0.3) is 5.56 Å². The SMILES string of the molecule is Cc1ccc2nc(CSc3c(C)c(C)cc(C)c3C)cc(=O)n2c1. The Hall–Kier alpha value is -2.07. The van der Waals surface area contributed by atoms with Crippen molar-refractivity contribution in [2.75, 3.05) is 0 Å². The lowest BCUT2D eigenvalue weighted by Crippen LogP contribution is -2.15. The highest BCUT2D eigenvalue weighted by molar-refractivity contribution is 7.98. The van der Waals surface area contributed by atoms with Gasteiger partial charge in [0.05, 0.1) is 5.69 Å². The molecule has 3 aromatic rings. The van der Waals surface area contributed by atoms with Crippen LogP contribution >= 0.6 is 11.8 Å². The van der Waals surface area contributed by atoms with Crippen molar-refractivity contribution in [3.8, 4) is 0 Å². The van der Waals surface area contributed by atoms with E-state index in [0.29, 0.717) is 11.4 Å². The quantitative estimate of drug-likeness (QED) is 0.658. The highest BCUT2D eigenvalue weighted by atomic mass is 32.2. The summed E-state index contributed by atoms with van der Waals surface area (Å²) >= 11 is 1.76. The number of benzene rings is 1. The van der Waals surface area contributed by atoms with Gasteiger partial charge < -0.3 is 0 Å². The van der Waals surface area contributed by atoms with Crippen LogP contribution in [-0.2, 0) is 5.75 Å². The molecule has 1 aromatic carbocycles. The molecule has 0 atom stereocenters. The third-order valence-corrected chi connectivity index (χ3v) is 5.86. The largest absolute Gasteiger partial charge is 0.269 e. The van der Waals surface area contributed by atoms with E-state index in [1.807, 2.05) is 25.3 Å². The Morgan fingerprint density at radius 3 is 2.33 bits per heavy atom. The topological polar surface area (TPSA) is 34.4 Å². The van der Waals surface area contributed by atoms with Crippen molar-refractivity contribution < 1.29 is 0 Å². The maximum Gasteiger partial charge on any atom is 0.258 e. The highest BCUT2D eigenvalue weighted by Gasteiger charge is 2.10. The van der Waals surface area contributed by atoms with Crippen molar-refractivity contribution >= 4 is 17.4 Å². The fourth-order valence-electron chi connectivity index (χ4n) is 2.88. The van der Waals surface area contributed by atoms with Gasteiger partial charge in [0.15, 0.2) is 0 Å². The van der Waals surface area contributed by atoms with Crippen LogP contribution in [0.2, 0.25) is 0 Å². The molecule has 0 bridgehead atoms.